The number of ketones is 1. The molecule has 0 aliphatic rings. The Kier molecular flexibility index (Phi) is 3.67. The molecule has 1 aromatic heterocycles. The molecule has 0 radical (unpaired) electrons. The Morgan fingerprint density at radius 3 is 2.67 bits per heavy atom. The number of hydrogen-bond acceptors (Lipinski definition) is 2. The van der Waals surface area contributed by atoms with Gasteiger partial charge in [-0.1, -0.05) is 23.7 Å². The van der Waals surface area contributed by atoms with Crippen LogP contribution in [0.3, 0.4) is 0 Å². The molecule has 0 saturated carbocycles. The first-order chi connectivity index (χ1) is 10.2. The van der Waals surface area contributed by atoms with E-state index in [0.29, 0.717) is 22.8 Å². The molecule has 3 aromatic rings. The topological polar surface area (TPSA) is 42.1 Å². The van der Waals surface area contributed by atoms with Crippen LogP contribution in [0.4, 0.5) is 0 Å². The Morgan fingerprint density at radius 2 is 1.95 bits per heavy atom. The minimum absolute atomic E-state index is 0.0356. The number of carbonyl (C=O) groups is 1. The lowest BCUT2D eigenvalue weighted by Gasteiger charge is -2.04. The number of para-hydroxylation sites is 1. The predicted molar refractivity (Wildman–Crippen MR) is 84.4 cm³/mol. The van der Waals surface area contributed by atoms with Gasteiger partial charge in [-0.2, -0.15) is 0 Å². The van der Waals surface area contributed by atoms with Gasteiger partial charge in [0.05, 0.1) is 17.1 Å². The van der Waals surface area contributed by atoms with Gasteiger partial charge in [0.15, 0.2) is 5.78 Å². The molecule has 4 heteroatoms. The fourth-order valence-electron chi connectivity index (χ4n) is 2.33. The smallest absolute Gasteiger partial charge is 0.195 e. The van der Waals surface area contributed by atoms with Crippen LogP contribution in [0.25, 0.3) is 10.9 Å². The predicted octanol–water partition coefficient (Wildman–Crippen LogP) is 4.45. The molecular weight excluding hydrogens is 286 g/mol. The van der Waals surface area contributed by atoms with E-state index in [0.717, 1.165) is 16.7 Å². The van der Waals surface area contributed by atoms with Crippen molar-refractivity contribution >= 4 is 28.3 Å². The molecule has 0 fully saturated rings. The van der Waals surface area contributed by atoms with E-state index in [2.05, 4.69) is 4.98 Å². The van der Waals surface area contributed by atoms with Gasteiger partial charge in [0.1, 0.15) is 5.75 Å². The van der Waals surface area contributed by atoms with Gasteiger partial charge in [-0.25, -0.2) is 0 Å². The van der Waals surface area contributed by atoms with Crippen molar-refractivity contribution in [2.45, 2.75) is 6.92 Å². The zero-order chi connectivity index (χ0) is 14.8. The van der Waals surface area contributed by atoms with Crippen molar-refractivity contribution in [2.75, 3.05) is 6.61 Å². The summed E-state index contributed by atoms with van der Waals surface area (Å²) in [4.78, 5) is 15.7. The van der Waals surface area contributed by atoms with Crippen molar-refractivity contribution in [3.8, 4) is 5.75 Å². The molecule has 0 aliphatic carbocycles. The lowest BCUT2D eigenvalue weighted by atomic mass is 10.0. The van der Waals surface area contributed by atoms with E-state index in [4.69, 9.17) is 16.3 Å². The summed E-state index contributed by atoms with van der Waals surface area (Å²) >= 11 is 6.12. The molecule has 0 spiro atoms. The normalized spacial score (nSPS) is 10.8. The average Bonchev–Trinajstić information content (AvgIpc) is 2.93. The number of hydrogen-bond donors (Lipinski definition) is 1. The molecule has 0 amide bonds. The SMILES string of the molecule is CCOc1ccc(C(=O)c2c[nH]c3c(Cl)cccc23)cc1. The highest BCUT2D eigenvalue weighted by molar-refractivity contribution is 6.35. The Morgan fingerprint density at radius 1 is 1.19 bits per heavy atom. The monoisotopic (exact) mass is 299 g/mol. The lowest BCUT2D eigenvalue weighted by Crippen LogP contribution is -2.00. The van der Waals surface area contributed by atoms with Gasteiger partial charge in [0.25, 0.3) is 0 Å². The molecule has 106 valence electrons. The molecule has 1 heterocycles. The van der Waals surface area contributed by atoms with E-state index in [1.165, 1.54) is 0 Å². The molecule has 2 aromatic carbocycles. The van der Waals surface area contributed by atoms with Crippen LogP contribution >= 0.6 is 11.6 Å². The summed E-state index contributed by atoms with van der Waals surface area (Å²) in [6.45, 7) is 2.53. The third-order valence-corrected chi connectivity index (χ3v) is 3.65. The Labute approximate surface area is 127 Å². The number of benzene rings is 2. The van der Waals surface area contributed by atoms with Gasteiger partial charge in [0, 0.05) is 22.7 Å². The maximum absolute atomic E-state index is 12.6. The van der Waals surface area contributed by atoms with Crippen LogP contribution in [0, 0.1) is 0 Å². The van der Waals surface area contributed by atoms with E-state index in [-0.39, 0.29) is 5.78 Å². The number of H-pyrrole nitrogens is 1. The molecule has 3 nitrogen and oxygen atoms in total. The summed E-state index contributed by atoms with van der Waals surface area (Å²) in [5, 5.41) is 1.44. The zero-order valence-corrected chi connectivity index (χ0v) is 12.3. The standard InChI is InChI=1S/C17H14ClNO2/c1-2-21-12-8-6-11(7-9-12)17(20)14-10-19-16-13(14)4-3-5-15(16)18/h3-10,19H,2H2,1H3. The van der Waals surface area contributed by atoms with Crippen LogP contribution in [0.1, 0.15) is 22.8 Å². The van der Waals surface area contributed by atoms with Crippen molar-refractivity contribution in [1.82, 2.24) is 4.98 Å². The third-order valence-electron chi connectivity index (χ3n) is 3.34. The minimum atomic E-state index is -0.0356. The van der Waals surface area contributed by atoms with Gasteiger partial charge in [-0.3, -0.25) is 4.79 Å². The van der Waals surface area contributed by atoms with Gasteiger partial charge >= 0.3 is 0 Å². The first kappa shape index (κ1) is 13.7. The Bertz CT molecular complexity index is 790. The van der Waals surface area contributed by atoms with Gasteiger partial charge in [-0.05, 0) is 37.3 Å². The molecular formula is C17H14ClNO2. The van der Waals surface area contributed by atoms with Crippen molar-refractivity contribution in [2.24, 2.45) is 0 Å². The van der Waals surface area contributed by atoms with E-state index in [1.807, 2.05) is 19.1 Å². The zero-order valence-electron chi connectivity index (χ0n) is 11.5. The number of aromatic amines is 1. The maximum Gasteiger partial charge on any atom is 0.195 e. The summed E-state index contributed by atoms with van der Waals surface area (Å²) in [6, 6.07) is 12.7. The molecule has 0 atom stereocenters. The number of halogens is 1. The fraction of sp³-hybridized carbons (Fsp3) is 0.118. The second-order valence-electron chi connectivity index (χ2n) is 4.65. The number of aromatic nitrogens is 1. The summed E-state index contributed by atoms with van der Waals surface area (Å²) in [7, 11) is 0. The first-order valence-corrected chi connectivity index (χ1v) is 7.11. The number of fused-ring (bicyclic) bond motifs is 1. The average molecular weight is 300 g/mol. The summed E-state index contributed by atoms with van der Waals surface area (Å²) in [5.41, 5.74) is 2.03. The highest BCUT2D eigenvalue weighted by Gasteiger charge is 2.15. The maximum atomic E-state index is 12.6. The van der Waals surface area contributed by atoms with Crippen molar-refractivity contribution in [3.05, 3.63) is 64.8 Å². The summed E-state index contributed by atoms with van der Waals surface area (Å²) < 4.78 is 5.38. The van der Waals surface area contributed by atoms with Crippen LogP contribution in [-0.2, 0) is 0 Å². The van der Waals surface area contributed by atoms with Gasteiger partial charge in [-0.15, -0.1) is 0 Å². The second kappa shape index (κ2) is 5.62. The van der Waals surface area contributed by atoms with Crippen LogP contribution in [0.2, 0.25) is 5.02 Å². The van der Waals surface area contributed by atoms with Crippen LogP contribution < -0.4 is 4.74 Å². The van der Waals surface area contributed by atoms with E-state index in [1.54, 1.807) is 36.5 Å². The van der Waals surface area contributed by atoms with Crippen molar-refractivity contribution in [1.29, 1.82) is 0 Å². The molecule has 0 bridgehead atoms. The molecule has 0 saturated heterocycles. The summed E-state index contributed by atoms with van der Waals surface area (Å²) in [6.07, 6.45) is 1.70. The van der Waals surface area contributed by atoms with Crippen molar-refractivity contribution in [3.63, 3.8) is 0 Å². The number of rotatable bonds is 4. The number of nitrogens with one attached hydrogen (secondary N) is 1. The second-order valence-corrected chi connectivity index (χ2v) is 5.06. The van der Waals surface area contributed by atoms with E-state index in [9.17, 15) is 4.79 Å². The van der Waals surface area contributed by atoms with E-state index < -0.39 is 0 Å². The number of carbonyl (C=O) groups excluding carboxylic acids is 1. The molecule has 21 heavy (non-hydrogen) atoms. The van der Waals surface area contributed by atoms with E-state index >= 15 is 0 Å². The first-order valence-electron chi connectivity index (χ1n) is 6.74. The minimum Gasteiger partial charge on any atom is -0.494 e. The van der Waals surface area contributed by atoms with Crippen LogP contribution in [0.5, 0.6) is 5.75 Å². The largest absolute Gasteiger partial charge is 0.494 e. The lowest BCUT2D eigenvalue weighted by molar-refractivity contribution is 0.104. The van der Waals surface area contributed by atoms with Crippen LogP contribution in [-0.4, -0.2) is 17.4 Å². The molecule has 3 rings (SSSR count). The Balaban J connectivity index is 1.98. The highest BCUT2D eigenvalue weighted by atomic mass is 35.5. The molecule has 1 N–H and O–H groups in total. The number of ether oxygens (including phenoxy) is 1. The third kappa shape index (κ3) is 2.52. The fourth-order valence-corrected chi connectivity index (χ4v) is 2.56. The van der Waals surface area contributed by atoms with Gasteiger partial charge < -0.3 is 9.72 Å². The highest BCUT2D eigenvalue weighted by Crippen LogP contribution is 2.27. The summed E-state index contributed by atoms with van der Waals surface area (Å²) in [5.74, 6) is 0.725. The Hall–Kier alpha value is -2.26. The van der Waals surface area contributed by atoms with Gasteiger partial charge in [0.2, 0.25) is 0 Å². The van der Waals surface area contributed by atoms with Crippen LogP contribution in [0.15, 0.2) is 48.7 Å². The molecule has 0 unspecified atom stereocenters. The van der Waals surface area contributed by atoms with Crippen molar-refractivity contribution < 1.29 is 9.53 Å². The quantitative estimate of drug-likeness (QED) is 0.723. The molecule has 0 aliphatic heterocycles.